The van der Waals surface area contributed by atoms with Gasteiger partial charge in [0.1, 0.15) is 11.5 Å². The van der Waals surface area contributed by atoms with Crippen molar-refractivity contribution in [2.75, 3.05) is 12.4 Å². The van der Waals surface area contributed by atoms with Crippen molar-refractivity contribution in [3.8, 4) is 0 Å². The maximum absolute atomic E-state index is 13.1. The number of allylic oxidation sites excluding steroid dienone is 1. The number of Topliss-reactive ketones (excluding diaryl/α,β-unsaturated/α-hetero) is 1. The monoisotopic (exact) mass is 379 g/mol. The third kappa shape index (κ3) is 3.11. The van der Waals surface area contributed by atoms with Crippen LogP contribution < -0.4 is 5.32 Å². The average Bonchev–Trinajstić information content (AvgIpc) is 3.25. The van der Waals surface area contributed by atoms with Gasteiger partial charge in [-0.3, -0.25) is 4.79 Å². The Labute approximate surface area is 158 Å². The Balaban J connectivity index is 1.70. The van der Waals surface area contributed by atoms with Crippen molar-refractivity contribution in [1.29, 1.82) is 0 Å². The molecule has 7 nitrogen and oxygen atoms in total. The molecule has 0 atom stereocenters. The number of benzene rings is 1. The number of carbonyl (C=O) groups is 2. The number of nitrogens with zero attached hydrogens (tertiary/aromatic N) is 1. The van der Waals surface area contributed by atoms with Gasteiger partial charge in [0.2, 0.25) is 11.7 Å². The molecule has 0 aliphatic carbocycles. The molecule has 0 saturated heterocycles. The van der Waals surface area contributed by atoms with Crippen LogP contribution in [0.3, 0.4) is 0 Å². The van der Waals surface area contributed by atoms with Crippen LogP contribution in [0.2, 0.25) is 0 Å². The Morgan fingerprint density at radius 2 is 2.07 bits per heavy atom. The van der Waals surface area contributed by atoms with Gasteiger partial charge in [0, 0.05) is 29.0 Å². The molecular weight excluding hydrogens is 365 g/mol. The van der Waals surface area contributed by atoms with Crippen LogP contribution in [0.1, 0.15) is 5.56 Å². The number of nitrogens with one attached hydrogen (secondary N) is 2. The number of hydrogen-bond acceptors (Lipinski definition) is 6. The zero-order chi connectivity index (χ0) is 19.7. The zero-order valence-corrected chi connectivity index (χ0v) is 14.7. The summed E-state index contributed by atoms with van der Waals surface area (Å²) < 4.78 is 23.4. The number of methoxy groups -OCH3 is 1. The van der Waals surface area contributed by atoms with Crippen LogP contribution in [0.5, 0.6) is 0 Å². The van der Waals surface area contributed by atoms with E-state index in [-0.39, 0.29) is 17.2 Å². The van der Waals surface area contributed by atoms with Gasteiger partial charge >= 0.3 is 5.97 Å². The molecule has 0 saturated carbocycles. The quantitative estimate of drug-likeness (QED) is 0.411. The lowest BCUT2D eigenvalue weighted by Gasteiger charge is -2.08. The van der Waals surface area contributed by atoms with E-state index in [0.29, 0.717) is 16.9 Å². The van der Waals surface area contributed by atoms with Crippen molar-refractivity contribution in [3.63, 3.8) is 0 Å². The molecule has 0 spiro atoms. The first-order chi connectivity index (χ1) is 13.6. The van der Waals surface area contributed by atoms with Gasteiger partial charge in [0.25, 0.3) is 0 Å². The normalized spacial score (nSPS) is 15.2. The second-order valence-electron chi connectivity index (χ2n) is 5.91. The number of pyridine rings is 1. The number of carbonyl (C=O) groups excluding carboxylic acids is 2. The number of rotatable bonds is 4. The first-order valence-corrected chi connectivity index (χ1v) is 8.28. The molecule has 1 aliphatic rings. The minimum Gasteiger partial charge on any atom is -0.465 e. The molecular formula is C20H14FN3O4. The highest BCUT2D eigenvalue weighted by atomic mass is 19.1. The highest BCUT2D eigenvalue weighted by Crippen LogP contribution is 2.30. The smallest absolute Gasteiger partial charge is 0.347 e. The number of ketones is 1. The first kappa shape index (κ1) is 17.5. The molecule has 0 bridgehead atoms. The zero-order valence-electron chi connectivity index (χ0n) is 14.7. The second kappa shape index (κ2) is 6.99. The molecule has 140 valence electrons. The number of fused-ring (bicyclic) bond motifs is 1. The topological polar surface area (TPSA) is 93.3 Å². The number of esters is 1. The number of aromatic amines is 1. The predicted molar refractivity (Wildman–Crippen MR) is 99.2 cm³/mol. The predicted octanol–water partition coefficient (Wildman–Crippen LogP) is 3.14. The van der Waals surface area contributed by atoms with E-state index in [4.69, 9.17) is 9.47 Å². The molecule has 8 heteroatoms. The molecule has 0 radical (unpaired) electrons. The second-order valence-corrected chi connectivity index (χ2v) is 5.91. The lowest BCUT2D eigenvalue weighted by Crippen LogP contribution is -2.14. The molecule has 2 aromatic heterocycles. The Hall–Kier alpha value is -3.94. The minimum absolute atomic E-state index is 0.0465. The molecule has 1 aliphatic heterocycles. The van der Waals surface area contributed by atoms with Gasteiger partial charge in [-0.05, 0) is 42.5 Å². The average molecular weight is 379 g/mol. The fourth-order valence-corrected chi connectivity index (χ4v) is 2.81. The Bertz CT molecular complexity index is 1150. The Morgan fingerprint density at radius 1 is 1.29 bits per heavy atom. The maximum Gasteiger partial charge on any atom is 0.347 e. The van der Waals surface area contributed by atoms with Gasteiger partial charge in [0.05, 0.1) is 7.11 Å². The van der Waals surface area contributed by atoms with Gasteiger partial charge < -0.3 is 19.8 Å². The van der Waals surface area contributed by atoms with E-state index in [2.05, 4.69) is 15.3 Å². The summed E-state index contributed by atoms with van der Waals surface area (Å²) in [6.45, 7) is 0. The van der Waals surface area contributed by atoms with Crippen LogP contribution in [0, 0.1) is 5.82 Å². The van der Waals surface area contributed by atoms with Crippen molar-refractivity contribution in [2.24, 2.45) is 0 Å². The first-order valence-electron chi connectivity index (χ1n) is 8.28. The molecule has 3 aromatic rings. The highest BCUT2D eigenvalue weighted by Gasteiger charge is 2.36. The van der Waals surface area contributed by atoms with E-state index >= 15 is 0 Å². The van der Waals surface area contributed by atoms with Crippen molar-refractivity contribution in [3.05, 3.63) is 77.4 Å². The number of hydrogen-bond donors (Lipinski definition) is 2. The Kier molecular flexibility index (Phi) is 4.36. The number of halogens is 1. The van der Waals surface area contributed by atoms with Crippen LogP contribution in [0.15, 0.2) is 66.0 Å². The standard InChI is InChI=1S/C20H14FN3O4/c1-27-20(26)16-17(25)15(9-11-10-23-18-14(11)3-2-8-22-18)28-19(16)24-13-6-4-12(21)5-7-13/h2-10,24H,1H3,(H,22,23). The van der Waals surface area contributed by atoms with Crippen molar-refractivity contribution in [2.45, 2.75) is 0 Å². The van der Waals surface area contributed by atoms with E-state index in [9.17, 15) is 14.0 Å². The third-order valence-electron chi connectivity index (χ3n) is 4.15. The molecule has 0 unspecified atom stereocenters. The van der Waals surface area contributed by atoms with Gasteiger partial charge in [-0.1, -0.05) is 0 Å². The number of H-pyrrole nitrogens is 1. The largest absolute Gasteiger partial charge is 0.465 e. The number of aromatic nitrogens is 2. The fourth-order valence-electron chi connectivity index (χ4n) is 2.81. The molecule has 4 rings (SSSR count). The maximum atomic E-state index is 13.1. The van der Waals surface area contributed by atoms with E-state index in [1.54, 1.807) is 18.5 Å². The lowest BCUT2D eigenvalue weighted by atomic mass is 10.1. The summed E-state index contributed by atoms with van der Waals surface area (Å²) in [6.07, 6.45) is 4.85. The molecule has 1 aromatic carbocycles. The van der Waals surface area contributed by atoms with Gasteiger partial charge in [-0.15, -0.1) is 0 Å². The van der Waals surface area contributed by atoms with Crippen LogP contribution in [-0.4, -0.2) is 28.8 Å². The molecule has 0 fully saturated rings. The third-order valence-corrected chi connectivity index (χ3v) is 4.15. The van der Waals surface area contributed by atoms with E-state index in [1.165, 1.54) is 37.5 Å². The summed E-state index contributed by atoms with van der Waals surface area (Å²) in [6, 6.07) is 9.02. The lowest BCUT2D eigenvalue weighted by molar-refractivity contribution is -0.137. The summed E-state index contributed by atoms with van der Waals surface area (Å²) in [5, 5.41) is 3.62. The van der Waals surface area contributed by atoms with E-state index in [1.807, 2.05) is 6.07 Å². The van der Waals surface area contributed by atoms with Crippen molar-refractivity contribution < 1.29 is 23.5 Å². The molecule has 2 N–H and O–H groups in total. The minimum atomic E-state index is -0.835. The van der Waals surface area contributed by atoms with E-state index in [0.717, 1.165) is 5.39 Å². The number of anilines is 1. The SMILES string of the molecule is COC(=O)C1=C(Nc2ccc(F)cc2)OC(=Cc2c[nH]c3ncccc23)C1=O. The highest BCUT2D eigenvalue weighted by molar-refractivity contribution is 6.26. The van der Waals surface area contributed by atoms with Crippen molar-refractivity contribution in [1.82, 2.24) is 9.97 Å². The summed E-state index contributed by atoms with van der Waals surface area (Å²) in [5.74, 6) is -1.99. The van der Waals surface area contributed by atoms with Crippen LogP contribution >= 0.6 is 0 Å². The molecule has 0 amide bonds. The summed E-state index contributed by atoms with van der Waals surface area (Å²) in [5.41, 5.74) is 1.52. The van der Waals surface area contributed by atoms with Crippen LogP contribution in [-0.2, 0) is 19.1 Å². The summed E-state index contributed by atoms with van der Waals surface area (Å²) >= 11 is 0. The summed E-state index contributed by atoms with van der Waals surface area (Å²) in [7, 11) is 1.17. The molecule has 28 heavy (non-hydrogen) atoms. The summed E-state index contributed by atoms with van der Waals surface area (Å²) in [4.78, 5) is 32.1. The Morgan fingerprint density at radius 3 is 2.82 bits per heavy atom. The van der Waals surface area contributed by atoms with Crippen LogP contribution in [0.4, 0.5) is 10.1 Å². The van der Waals surface area contributed by atoms with Crippen LogP contribution in [0.25, 0.3) is 17.1 Å². The molecule has 3 heterocycles. The van der Waals surface area contributed by atoms with Gasteiger partial charge in [0.15, 0.2) is 11.3 Å². The number of ether oxygens (including phenoxy) is 2. The van der Waals surface area contributed by atoms with Crippen molar-refractivity contribution >= 4 is 34.5 Å². The fraction of sp³-hybridized carbons (Fsp3) is 0.0500. The van der Waals surface area contributed by atoms with Gasteiger partial charge in [-0.25, -0.2) is 14.2 Å². The van der Waals surface area contributed by atoms with Gasteiger partial charge in [-0.2, -0.15) is 0 Å². The van der Waals surface area contributed by atoms with E-state index < -0.39 is 17.6 Å².